The average molecular weight is 248 g/mol. The van der Waals surface area contributed by atoms with Crippen molar-refractivity contribution in [3.8, 4) is 5.75 Å². The second-order valence-electron chi connectivity index (χ2n) is 2.94. The van der Waals surface area contributed by atoms with Gasteiger partial charge in [0, 0.05) is 6.42 Å². The van der Waals surface area contributed by atoms with Crippen LogP contribution in [-0.4, -0.2) is 12.4 Å². The van der Waals surface area contributed by atoms with Gasteiger partial charge in [-0.15, -0.1) is 0 Å². The van der Waals surface area contributed by atoms with Crippen LogP contribution in [0.3, 0.4) is 0 Å². The third-order valence-corrected chi connectivity index (χ3v) is 3.10. The van der Waals surface area contributed by atoms with Crippen LogP contribution in [0.15, 0.2) is 21.9 Å². The highest BCUT2D eigenvalue weighted by atomic mass is 32.2. The van der Waals surface area contributed by atoms with Gasteiger partial charge in [-0.05, 0) is 12.1 Å². The van der Waals surface area contributed by atoms with Gasteiger partial charge in [0.15, 0.2) is 5.78 Å². The topological polar surface area (TPSA) is 26.3 Å². The lowest BCUT2D eigenvalue weighted by atomic mass is 10.1. The van der Waals surface area contributed by atoms with E-state index in [-0.39, 0.29) is 64.2 Å². The van der Waals surface area contributed by atoms with Gasteiger partial charge in [-0.1, -0.05) is 0 Å². The van der Waals surface area contributed by atoms with Crippen LogP contribution in [0, 0.1) is 0 Å². The van der Waals surface area contributed by atoms with Gasteiger partial charge >= 0.3 is 0 Å². The maximum atomic E-state index is 12.5. The number of ketones is 1. The van der Waals surface area contributed by atoms with Crippen molar-refractivity contribution in [2.24, 2.45) is 0 Å². The van der Waals surface area contributed by atoms with E-state index in [0.717, 1.165) is 0 Å². The van der Waals surface area contributed by atoms with E-state index in [1.807, 2.05) is 0 Å². The Balaban J connectivity index is 2.61. The van der Waals surface area contributed by atoms with Crippen LogP contribution in [0.25, 0.3) is 0 Å². The zero-order valence-electron chi connectivity index (χ0n) is 7.46. The Morgan fingerprint density at radius 3 is 2.53 bits per heavy atom. The van der Waals surface area contributed by atoms with Crippen molar-refractivity contribution in [2.45, 2.75) is 16.2 Å². The maximum Gasteiger partial charge on any atom is 0.171 e. The number of benzene rings is 1. The Morgan fingerprint density at radius 1 is 1.20 bits per heavy atom. The molecule has 0 radical (unpaired) electrons. The Bertz CT molecular complexity index is 409. The number of hydrogen-bond donors (Lipinski definition) is 0. The first kappa shape index (κ1) is 10.8. The van der Waals surface area contributed by atoms with Crippen LogP contribution in [0.4, 0.5) is 7.77 Å². The first-order chi connectivity index (χ1) is 7.27. The van der Waals surface area contributed by atoms with Crippen molar-refractivity contribution >= 4 is 30.1 Å². The SMILES string of the molecule is O=C1CCOc2c(SF)ccc(SF)c21. The first-order valence-corrected chi connectivity index (χ1v) is 5.61. The quantitative estimate of drug-likeness (QED) is 0.798. The molecule has 0 fully saturated rings. The highest BCUT2D eigenvalue weighted by Gasteiger charge is 2.25. The highest BCUT2D eigenvalue weighted by Crippen LogP contribution is 2.41. The van der Waals surface area contributed by atoms with Crippen LogP contribution in [0.1, 0.15) is 16.8 Å². The van der Waals surface area contributed by atoms with Gasteiger partial charge < -0.3 is 4.74 Å². The van der Waals surface area contributed by atoms with E-state index < -0.39 is 0 Å². The molecule has 0 atom stereocenters. The zero-order chi connectivity index (χ0) is 10.8. The molecule has 0 unspecified atom stereocenters. The van der Waals surface area contributed by atoms with Crippen molar-refractivity contribution < 1.29 is 17.3 Å². The number of carbonyl (C=O) groups is 1. The van der Waals surface area contributed by atoms with Gasteiger partial charge in [0.25, 0.3) is 0 Å². The summed E-state index contributed by atoms with van der Waals surface area (Å²) in [5.41, 5.74) is 0.163. The van der Waals surface area contributed by atoms with Gasteiger partial charge in [-0.25, -0.2) is 0 Å². The molecule has 0 N–H and O–H groups in total. The predicted octanol–water partition coefficient (Wildman–Crippen LogP) is 3.61. The smallest absolute Gasteiger partial charge is 0.171 e. The molecule has 1 aliphatic rings. The fourth-order valence-electron chi connectivity index (χ4n) is 1.45. The van der Waals surface area contributed by atoms with Crippen molar-refractivity contribution in [3.05, 3.63) is 17.7 Å². The van der Waals surface area contributed by atoms with E-state index >= 15 is 0 Å². The van der Waals surface area contributed by atoms with Crippen molar-refractivity contribution in [1.82, 2.24) is 0 Å². The summed E-state index contributed by atoms with van der Waals surface area (Å²) in [5, 5.41) is 0. The van der Waals surface area contributed by atoms with E-state index in [2.05, 4.69) is 0 Å². The first-order valence-electron chi connectivity index (χ1n) is 4.18. The molecule has 0 saturated carbocycles. The number of carbonyl (C=O) groups excluding carboxylic acids is 1. The standard InChI is InChI=1S/C9H6F2O2S2/c10-14-6-1-2-7(15-11)9-8(6)5(12)3-4-13-9/h1-2H,3-4H2. The molecule has 0 amide bonds. The summed E-state index contributed by atoms with van der Waals surface area (Å²) >= 11 is -0.0305. The molecule has 1 aromatic rings. The lowest BCUT2D eigenvalue weighted by Gasteiger charge is -2.19. The third kappa shape index (κ3) is 1.83. The van der Waals surface area contributed by atoms with E-state index in [0.29, 0.717) is 0 Å². The predicted molar refractivity (Wildman–Crippen MR) is 54.8 cm³/mol. The Labute approximate surface area is 94.0 Å². The Morgan fingerprint density at radius 2 is 1.87 bits per heavy atom. The molecular weight excluding hydrogens is 242 g/mol. The molecule has 0 saturated heterocycles. The Kier molecular flexibility index (Phi) is 3.16. The monoisotopic (exact) mass is 248 g/mol. The highest BCUT2D eigenvalue weighted by molar-refractivity contribution is 7.94. The fourth-order valence-corrected chi connectivity index (χ4v) is 2.20. The van der Waals surface area contributed by atoms with Crippen LogP contribution >= 0.6 is 24.3 Å². The summed E-state index contributed by atoms with van der Waals surface area (Å²) in [4.78, 5) is 11.9. The number of fused-ring (bicyclic) bond motifs is 1. The molecule has 1 aliphatic heterocycles. The lowest BCUT2D eigenvalue weighted by Crippen LogP contribution is -2.16. The number of rotatable bonds is 2. The molecule has 6 heteroatoms. The minimum Gasteiger partial charge on any atom is -0.491 e. The zero-order valence-corrected chi connectivity index (χ0v) is 9.09. The van der Waals surface area contributed by atoms with Gasteiger partial charge in [0.05, 0.1) is 46.3 Å². The second-order valence-corrected chi connectivity index (χ2v) is 4.13. The number of hydrogen-bond acceptors (Lipinski definition) is 4. The van der Waals surface area contributed by atoms with Gasteiger partial charge in [0.2, 0.25) is 0 Å². The van der Waals surface area contributed by atoms with Gasteiger partial charge in [-0.2, -0.15) is 7.77 Å². The van der Waals surface area contributed by atoms with Crippen LogP contribution in [-0.2, 0) is 0 Å². The molecule has 15 heavy (non-hydrogen) atoms. The van der Waals surface area contributed by atoms with E-state index in [1.54, 1.807) is 0 Å². The molecule has 2 rings (SSSR count). The molecule has 0 spiro atoms. The molecule has 80 valence electrons. The molecule has 1 aromatic carbocycles. The summed E-state index contributed by atoms with van der Waals surface area (Å²) in [5.74, 6) is -0.0336. The summed E-state index contributed by atoms with van der Waals surface area (Å²) in [6.07, 6.45) is 0.209. The summed E-state index contributed by atoms with van der Waals surface area (Å²) in [6.45, 7) is 0.222. The molecule has 0 bridgehead atoms. The molecule has 1 heterocycles. The molecular formula is C9H6F2O2S2. The van der Waals surface area contributed by atoms with Crippen molar-refractivity contribution in [2.75, 3.05) is 6.61 Å². The maximum absolute atomic E-state index is 12.5. The number of ether oxygens (including phenoxy) is 1. The Hall–Kier alpha value is -0.750. The van der Waals surface area contributed by atoms with Gasteiger partial charge in [0.1, 0.15) is 5.75 Å². The summed E-state index contributed by atoms with van der Waals surface area (Å²) < 4.78 is 30.2. The van der Waals surface area contributed by atoms with Crippen LogP contribution in [0.2, 0.25) is 0 Å². The van der Waals surface area contributed by atoms with Crippen molar-refractivity contribution in [3.63, 3.8) is 0 Å². The minimum atomic E-state index is -0.202. The fraction of sp³-hybridized carbons (Fsp3) is 0.222. The van der Waals surface area contributed by atoms with E-state index in [1.165, 1.54) is 12.1 Å². The number of Topliss-reactive ketones (excluding diaryl/α,β-unsaturated/α-hetero) is 1. The molecule has 0 aliphatic carbocycles. The van der Waals surface area contributed by atoms with E-state index in [9.17, 15) is 12.6 Å². The summed E-state index contributed by atoms with van der Waals surface area (Å²) in [7, 11) is 0. The largest absolute Gasteiger partial charge is 0.491 e. The number of halogens is 2. The third-order valence-electron chi connectivity index (χ3n) is 2.10. The second kappa shape index (κ2) is 4.40. The normalized spacial score (nSPS) is 14.7. The molecule has 0 aromatic heterocycles. The minimum absolute atomic E-state index is 0.00428. The van der Waals surface area contributed by atoms with Crippen LogP contribution in [0.5, 0.6) is 5.75 Å². The van der Waals surface area contributed by atoms with E-state index in [4.69, 9.17) is 4.74 Å². The molecule has 2 nitrogen and oxygen atoms in total. The van der Waals surface area contributed by atoms with Gasteiger partial charge in [-0.3, -0.25) is 4.79 Å². The van der Waals surface area contributed by atoms with Crippen LogP contribution < -0.4 is 4.74 Å². The lowest BCUT2D eigenvalue weighted by molar-refractivity contribution is 0.0927. The average Bonchev–Trinajstić information content (AvgIpc) is 2.28. The van der Waals surface area contributed by atoms with Crippen molar-refractivity contribution in [1.29, 1.82) is 0 Å². The summed E-state index contributed by atoms with van der Waals surface area (Å²) in [6, 6.07) is 2.79.